The van der Waals surface area contributed by atoms with Crippen LogP contribution in [0.2, 0.25) is 16.6 Å². The summed E-state index contributed by atoms with van der Waals surface area (Å²) in [7, 11) is -1.95. The van der Waals surface area contributed by atoms with Crippen LogP contribution in [-0.2, 0) is 4.79 Å². The zero-order chi connectivity index (χ0) is 26.9. The van der Waals surface area contributed by atoms with Gasteiger partial charge in [-0.1, -0.05) is 53.7 Å². The predicted octanol–water partition coefficient (Wildman–Crippen LogP) is 7.92. The fraction of sp³-hybridized carbons (Fsp3) is 0.323. The molecule has 0 aliphatic heterocycles. The first kappa shape index (κ1) is 26.5. The summed E-state index contributed by atoms with van der Waals surface area (Å²) in [6.07, 6.45) is 5.50. The van der Waals surface area contributed by atoms with Crippen LogP contribution in [0, 0.1) is 0 Å². The van der Waals surface area contributed by atoms with E-state index in [4.69, 9.17) is 0 Å². The summed E-state index contributed by atoms with van der Waals surface area (Å²) in [6.45, 7) is 15.7. The highest BCUT2D eigenvalue weighted by Crippen LogP contribution is 2.45. The number of ketones is 1. The molecule has 0 radical (unpaired) electrons. The van der Waals surface area contributed by atoms with Crippen molar-refractivity contribution in [3.8, 4) is 11.1 Å². The number of benzene rings is 2. The van der Waals surface area contributed by atoms with Crippen molar-refractivity contribution in [1.29, 1.82) is 0 Å². The zero-order valence-electron chi connectivity index (χ0n) is 22.9. The molecule has 1 amide bonds. The molecule has 6 heteroatoms. The number of hydrogen-bond acceptors (Lipinski definition) is 3. The van der Waals surface area contributed by atoms with E-state index in [1.165, 1.54) is 12.4 Å². The van der Waals surface area contributed by atoms with Crippen LogP contribution in [0.5, 0.6) is 0 Å². The number of fused-ring (bicyclic) bond motifs is 1. The lowest BCUT2D eigenvalue weighted by molar-refractivity contribution is -0.114. The quantitative estimate of drug-likeness (QED) is 0.193. The van der Waals surface area contributed by atoms with Crippen molar-refractivity contribution in [2.75, 3.05) is 5.32 Å². The van der Waals surface area contributed by atoms with Gasteiger partial charge in [-0.15, -0.1) is 0 Å². The van der Waals surface area contributed by atoms with Gasteiger partial charge in [0.25, 0.3) is 0 Å². The second kappa shape index (κ2) is 10.5. The molecule has 0 saturated heterocycles. The van der Waals surface area contributed by atoms with Crippen molar-refractivity contribution in [2.45, 2.75) is 65.1 Å². The molecule has 4 aromatic rings. The topological polar surface area (TPSA) is 64.0 Å². The van der Waals surface area contributed by atoms with Crippen molar-refractivity contribution < 1.29 is 9.59 Å². The van der Waals surface area contributed by atoms with E-state index in [1.807, 2.05) is 12.1 Å². The maximum atomic E-state index is 13.3. The molecule has 0 bridgehead atoms. The molecule has 0 saturated carbocycles. The molecule has 37 heavy (non-hydrogen) atoms. The Morgan fingerprint density at radius 3 is 2.16 bits per heavy atom. The largest absolute Gasteiger partial charge is 0.373 e. The van der Waals surface area contributed by atoms with Crippen LogP contribution in [-0.4, -0.2) is 29.1 Å². The first-order valence-corrected chi connectivity index (χ1v) is 15.2. The number of amides is 1. The van der Waals surface area contributed by atoms with Gasteiger partial charge in [-0.05, 0) is 76.4 Å². The highest BCUT2D eigenvalue weighted by atomic mass is 28.3. The Morgan fingerprint density at radius 1 is 0.865 bits per heavy atom. The fourth-order valence-electron chi connectivity index (χ4n) is 6.44. The Hall–Kier alpha value is -3.51. The van der Waals surface area contributed by atoms with Gasteiger partial charge in [-0.3, -0.25) is 14.6 Å². The molecule has 2 aromatic heterocycles. The van der Waals surface area contributed by atoms with Crippen molar-refractivity contribution in [3.63, 3.8) is 0 Å². The Labute approximate surface area is 221 Å². The van der Waals surface area contributed by atoms with E-state index in [9.17, 15) is 9.59 Å². The Bertz CT molecular complexity index is 1420. The summed E-state index contributed by atoms with van der Waals surface area (Å²) >= 11 is 0. The van der Waals surface area contributed by atoms with Crippen LogP contribution in [0.25, 0.3) is 22.0 Å². The van der Waals surface area contributed by atoms with E-state index in [1.54, 1.807) is 30.6 Å². The molecule has 4 rings (SSSR count). The number of rotatable bonds is 8. The monoisotopic (exact) mass is 511 g/mol. The summed E-state index contributed by atoms with van der Waals surface area (Å²) < 4.78 is 2.60. The van der Waals surface area contributed by atoms with Crippen LogP contribution in [0.15, 0.2) is 73.2 Å². The van der Waals surface area contributed by atoms with Crippen LogP contribution in [0.1, 0.15) is 64.4 Å². The third-order valence-corrected chi connectivity index (χ3v) is 14.4. The van der Waals surface area contributed by atoms with Crippen molar-refractivity contribution in [1.82, 2.24) is 9.22 Å². The second-order valence-corrected chi connectivity index (χ2v) is 16.5. The summed E-state index contributed by atoms with van der Waals surface area (Å²) in [6, 6.07) is 17.7. The number of nitrogens with one attached hydrogen (secondary N) is 1. The molecule has 5 nitrogen and oxygen atoms in total. The van der Waals surface area contributed by atoms with Crippen molar-refractivity contribution >= 4 is 36.5 Å². The van der Waals surface area contributed by atoms with E-state index >= 15 is 0 Å². The van der Waals surface area contributed by atoms with Gasteiger partial charge in [0.2, 0.25) is 5.91 Å². The van der Waals surface area contributed by atoms with Gasteiger partial charge in [0, 0.05) is 47.0 Å². The summed E-state index contributed by atoms with van der Waals surface area (Å²) in [5, 5.41) is 4.03. The van der Waals surface area contributed by atoms with Gasteiger partial charge < -0.3 is 9.55 Å². The average molecular weight is 512 g/mol. The van der Waals surface area contributed by atoms with Gasteiger partial charge in [-0.25, -0.2) is 0 Å². The SMILES string of the molecule is CC(=O)Nc1cc(C(=O)c2cccnc2)cc(-c2cccc3c2ccn3[Si](C(C)C)(C(C)C)C(C)C)c1. The van der Waals surface area contributed by atoms with Crippen LogP contribution >= 0.6 is 0 Å². The van der Waals surface area contributed by atoms with E-state index in [0.717, 1.165) is 16.5 Å². The lowest BCUT2D eigenvalue weighted by Gasteiger charge is -2.44. The number of pyridine rings is 1. The number of aromatic nitrogens is 2. The molecule has 0 fully saturated rings. The number of carbonyl (C=O) groups excluding carboxylic acids is 2. The first-order valence-electron chi connectivity index (χ1n) is 13.1. The molecule has 0 aliphatic rings. The molecular formula is C31H37N3O2Si. The van der Waals surface area contributed by atoms with Crippen molar-refractivity contribution in [2.24, 2.45) is 0 Å². The van der Waals surface area contributed by atoms with Gasteiger partial charge in [0.1, 0.15) is 0 Å². The molecule has 0 spiro atoms. The average Bonchev–Trinajstić information content (AvgIpc) is 3.27. The van der Waals surface area contributed by atoms with Crippen molar-refractivity contribution in [3.05, 3.63) is 84.3 Å². The smallest absolute Gasteiger partial charge is 0.221 e. The highest BCUT2D eigenvalue weighted by molar-refractivity contribution is 6.82. The summed E-state index contributed by atoms with van der Waals surface area (Å²) in [4.78, 5) is 29.4. The third kappa shape index (κ3) is 4.78. The zero-order valence-corrected chi connectivity index (χ0v) is 23.9. The van der Waals surface area contributed by atoms with Crippen LogP contribution < -0.4 is 5.32 Å². The third-order valence-electron chi connectivity index (χ3n) is 7.68. The maximum Gasteiger partial charge on any atom is 0.221 e. The van der Waals surface area contributed by atoms with E-state index < -0.39 is 8.24 Å². The Balaban J connectivity index is 1.93. The minimum atomic E-state index is -1.95. The molecule has 0 atom stereocenters. The van der Waals surface area contributed by atoms with Crippen LogP contribution in [0.3, 0.4) is 0 Å². The summed E-state index contributed by atoms with van der Waals surface area (Å²) in [5.41, 5.74) is 6.50. The lowest BCUT2D eigenvalue weighted by atomic mass is 9.96. The van der Waals surface area contributed by atoms with Gasteiger partial charge >= 0.3 is 0 Å². The highest BCUT2D eigenvalue weighted by Gasteiger charge is 2.45. The number of nitrogens with zero attached hydrogens (tertiary/aromatic N) is 2. The van der Waals surface area contributed by atoms with Gasteiger partial charge in [0.15, 0.2) is 14.0 Å². The van der Waals surface area contributed by atoms with E-state index in [2.05, 4.69) is 86.5 Å². The first-order chi connectivity index (χ1) is 17.6. The molecule has 0 aliphatic carbocycles. The van der Waals surface area contributed by atoms with Gasteiger partial charge in [0.05, 0.1) is 0 Å². The molecule has 2 aromatic carbocycles. The fourth-order valence-corrected chi connectivity index (χ4v) is 13.1. The normalized spacial score (nSPS) is 12.1. The number of anilines is 1. The molecule has 2 heterocycles. The Morgan fingerprint density at radius 2 is 1.57 bits per heavy atom. The van der Waals surface area contributed by atoms with E-state index in [0.29, 0.717) is 33.4 Å². The molecule has 1 N–H and O–H groups in total. The molecular weight excluding hydrogens is 474 g/mol. The minimum Gasteiger partial charge on any atom is -0.373 e. The molecule has 192 valence electrons. The predicted molar refractivity (Wildman–Crippen MR) is 156 cm³/mol. The molecule has 0 unspecified atom stereocenters. The van der Waals surface area contributed by atoms with Crippen LogP contribution in [0.4, 0.5) is 5.69 Å². The lowest BCUT2D eigenvalue weighted by Crippen LogP contribution is -2.51. The van der Waals surface area contributed by atoms with E-state index in [-0.39, 0.29) is 11.7 Å². The minimum absolute atomic E-state index is 0.128. The number of hydrogen-bond donors (Lipinski definition) is 1. The second-order valence-electron chi connectivity index (χ2n) is 10.8. The van der Waals surface area contributed by atoms with Gasteiger partial charge in [-0.2, -0.15) is 0 Å². The standard InChI is InChI=1S/C31H37N3O2Si/c1-20(2)37(21(3)4,22(5)6)34-15-13-29-28(11-8-12-30(29)34)25-16-26(18-27(17-25)33-23(7)35)31(36)24-10-9-14-32-19-24/h8-22H,1-7H3,(H,33,35). The maximum absolute atomic E-state index is 13.3. The summed E-state index contributed by atoms with van der Waals surface area (Å²) in [5.74, 6) is -0.306. The number of carbonyl (C=O) groups is 2. The Kier molecular flexibility index (Phi) is 7.51.